The highest BCUT2D eigenvalue weighted by molar-refractivity contribution is 5.80. The van der Waals surface area contributed by atoms with Gasteiger partial charge >= 0.3 is 0 Å². The Morgan fingerprint density at radius 2 is 1.64 bits per heavy atom. The van der Waals surface area contributed by atoms with Crippen LogP contribution >= 0.6 is 0 Å². The smallest absolute Gasteiger partial charge is 0.141 e. The first-order valence-corrected chi connectivity index (χ1v) is 8.26. The molecule has 0 aliphatic rings. The van der Waals surface area contributed by atoms with E-state index in [2.05, 4.69) is 47.9 Å². The molecule has 1 aromatic heterocycles. The molecule has 0 bridgehead atoms. The number of imidazole rings is 1. The van der Waals surface area contributed by atoms with Crippen LogP contribution in [0.4, 0.5) is 0 Å². The van der Waals surface area contributed by atoms with Gasteiger partial charge in [-0.2, -0.15) is 5.26 Å². The molecule has 0 aliphatic heterocycles. The van der Waals surface area contributed by atoms with Crippen LogP contribution in [0.15, 0.2) is 72.8 Å². The van der Waals surface area contributed by atoms with Gasteiger partial charge in [-0.3, -0.25) is 0 Å². The first kappa shape index (κ1) is 15.2. The molecule has 1 heterocycles. The molecule has 0 N–H and O–H groups in total. The Bertz CT molecular complexity index is 1070. The maximum Gasteiger partial charge on any atom is 0.141 e. The van der Waals surface area contributed by atoms with Crippen LogP contribution in [0.1, 0.15) is 16.7 Å². The molecule has 120 valence electrons. The van der Waals surface area contributed by atoms with Gasteiger partial charge in [-0.15, -0.1) is 0 Å². The van der Waals surface area contributed by atoms with E-state index >= 15 is 0 Å². The van der Waals surface area contributed by atoms with Gasteiger partial charge in [0.15, 0.2) is 0 Å². The van der Waals surface area contributed by atoms with Crippen LogP contribution in [-0.4, -0.2) is 9.55 Å². The lowest BCUT2D eigenvalue weighted by Crippen LogP contribution is -2.02. The van der Waals surface area contributed by atoms with Crippen molar-refractivity contribution < 1.29 is 0 Å². The van der Waals surface area contributed by atoms with Crippen molar-refractivity contribution in [3.05, 3.63) is 89.5 Å². The molecule has 0 unspecified atom stereocenters. The second-order valence-corrected chi connectivity index (χ2v) is 6.19. The predicted octanol–water partition coefficient (Wildman–Crippen LogP) is 4.93. The van der Waals surface area contributed by atoms with Crippen LogP contribution in [0.25, 0.3) is 22.4 Å². The van der Waals surface area contributed by atoms with Crippen LogP contribution in [0.3, 0.4) is 0 Å². The quantitative estimate of drug-likeness (QED) is 0.536. The van der Waals surface area contributed by atoms with E-state index in [1.54, 1.807) is 0 Å². The van der Waals surface area contributed by atoms with Crippen molar-refractivity contribution in [3.63, 3.8) is 0 Å². The summed E-state index contributed by atoms with van der Waals surface area (Å²) in [5, 5.41) is 8.98. The molecule has 0 radical (unpaired) electrons. The highest BCUT2D eigenvalue weighted by Crippen LogP contribution is 2.26. The third-order valence-electron chi connectivity index (χ3n) is 4.39. The van der Waals surface area contributed by atoms with Gasteiger partial charge in [0.25, 0.3) is 0 Å². The summed E-state index contributed by atoms with van der Waals surface area (Å²) in [6.07, 6.45) is 0. The molecule has 4 rings (SSSR count). The average molecular weight is 323 g/mol. The molecule has 0 aliphatic carbocycles. The third-order valence-corrected chi connectivity index (χ3v) is 4.39. The van der Waals surface area contributed by atoms with Gasteiger partial charge in [-0.1, -0.05) is 54.1 Å². The van der Waals surface area contributed by atoms with E-state index in [9.17, 15) is 0 Å². The fourth-order valence-corrected chi connectivity index (χ4v) is 3.03. The Morgan fingerprint density at radius 3 is 2.36 bits per heavy atom. The van der Waals surface area contributed by atoms with Crippen molar-refractivity contribution >= 4 is 11.0 Å². The number of para-hydroxylation sites is 2. The lowest BCUT2D eigenvalue weighted by molar-refractivity contribution is 0.834. The van der Waals surface area contributed by atoms with E-state index in [-0.39, 0.29) is 0 Å². The van der Waals surface area contributed by atoms with Crippen LogP contribution in [0.2, 0.25) is 0 Å². The van der Waals surface area contributed by atoms with Gasteiger partial charge in [-0.05, 0) is 36.8 Å². The molecule has 4 aromatic rings. The van der Waals surface area contributed by atoms with E-state index in [1.165, 1.54) is 5.56 Å². The molecule has 3 aromatic carbocycles. The minimum absolute atomic E-state index is 0.679. The second kappa shape index (κ2) is 6.26. The molecule has 3 heteroatoms. The van der Waals surface area contributed by atoms with Crippen molar-refractivity contribution in [2.24, 2.45) is 0 Å². The Kier molecular flexibility index (Phi) is 3.80. The van der Waals surface area contributed by atoms with Crippen molar-refractivity contribution in [1.29, 1.82) is 5.26 Å². The summed E-state index contributed by atoms with van der Waals surface area (Å²) >= 11 is 0. The van der Waals surface area contributed by atoms with Crippen molar-refractivity contribution in [2.45, 2.75) is 13.5 Å². The van der Waals surface area contributed by atoms with E-state index < -0.39 is 0 Å². The van der Waals surface area contributed by atoms with Crippen molar-refractivity contribution in [1.82, 2.24) is 9.55 Å². The van der Waals surface area contributed by atoms with Gasteiger partial charge in [0.2, 0.25) is 0 Å². The van der Waals surface area contributed by atoms with E-state index in [1.807, 2.05) is 42.5 Å². The average Bonchev–Trinajstić information content (AvgIpc) is 3.02. The number of nitriles is 1. The molecule has 0 amide bonds. The number of hydrogen-bond acceptors (Lipinski definition) is 2. The number of benzene rings is 3. The molecular formula is C22H17N3. The highest BCUT2D eigenvalue weighted by Gasteiger charge is 2.12. The maximum atomic E-state index is 8.98. The molecule has 3 nitrogen and oxygen atoms in total. The maximum absolute atomic E-state index is 8.98. The summed E-state index contributed by atoms with van der Waals surface area (Å²) in [6.45, 7) is 2.80. The molecule has 0 spiro atoms. The van der Waals surface area contributed by atoms with Crippen LogP contribution in [0.5, 0.6) is 0 Å². The van der Waals surface area contributed by atoms with Gasteiger partial charge in [0, 0.05) is 12.1 Å². The Hall–Kier alpha value is -3.38. The summed E-state index contributed by atoms with van der Waals surface area (Å²) in [6, 6.07) is 26.6. The van der Waals surface area contributed by atoms with Gasteiger partial charge in [0.05, 0.1) is 22.7 Å². The van der Waals surface area contributed by atoms with E-state index in [4.69, 9.17) is 10.2 Å². The number of aromatic nitrogens is 2. The molecule has 0 saturated heterocycles. The molecule has 25 heavy (non-hydrogen) atoms. The topological polar surface area (TPSA) is 41.6 Å². The first-order chi connectivity index (χ1) is 12.2. The van der Waals surface area contributed by atoms with E-state index in [0.717, 1.165) is 34.5 Å². The SMILES string of the molecule is Cc1ccc(-c2nc3ccccc3n2Cc2ccc(C#N)cc2)cc1. The van der Waals surface area contributed by atoms with Gasteiger partial charge in [0.1, 0.15) is 5.82 Å². The molecular weight excluding hydrogens is 306 g/mol. The number of hydrogen-bond donors (Lipinski definition) is 0. The number of rotatable bonds is 3. The number of aryl methyl sites for hydroxylation is 1. The summed E-state index contributed by atoms with van der Waals surface area (Å²) < 4.78 is 2.24. The van der Waals surface area contributed by atoms with E-state index in [0.29, 0.717) is 5.56 Å². The number of fused-ring (bicyclic) bond motifs is 1. The third kappa shape index (κ3) is 2.90. The largest absolute Gasteiger partial charge is 0.319 e. The standard InChI is InChI=1S/C22H17N3/c1-16-6-12-19(13-7-16)22-24-20-4-2-3-5-21(20)25(22)15-18-10-8-17(14-23)9-11-18/h2-13H,15H2,1H3. The fraction of sp³-hybridized carbons (Fsp3) is 0.0909. The lowest BCUT2D eigenvalue weighted by Gasteiger charge is -2.10. The highest BCUT2D eigenvalue weighted by atomic mass is 15.1. The summed E-state index contributed by atoms with van der Waals surface area (Å²) in [5.41, 5.74) is 6.27. The Balaban J connectivity index is 1.84. The molecule has 0 atom stereocenters. The minimum atomic E-state index is 0.679. The zero-order valence-corrected chi connectivity index (χ0v) is 14.0. The van der Waals surface area contributed by atoms with Crippen molar-refractivity contribution in [3.8, 4) is 17.5 Å². The molecule has 0 saturated carbocycles. The fourth-order valence-electron chi connectivity index (χ4n) is 3.03. The summed E-state index contributed by atoms with van der Waals surface area (Å²) in [7, 11) is 0. The number of nitrogens with zero attached hydrogens (tertiary/aromatic N) is 3. The zero-order chi connectivity index (χ0) is 17.2. The van der Waals surface area contributed by atoms with Gasteiger partial charge < -0.3 is 4.57 Å². The molecule has 0 fully saturated rings. The Labute approximate surface area is 146 Å². The van der Waals surface area contributed by atoms with Crippen LogP contribution in [-0.2, 0) is 6.54 Å². The second-order valence-electron chi connectivity index (χ2n) is 6.19. The zero-order valence-electron chi connectivity index (χ0n) is 14.0. The first-order valence-electron chi connectivity index (χ1n) is 8.26. The normalized spacial score (nSPS) is 10.7. The minimum Gasteiger partial charge on any atom is -0.319 e. The van der Waals surface area contributed by atoms with Crippen LogP contribution < -0.4 is 0 Å². The summed E-state index contributed by atoms with van der Waals surface area (Å²) in [4.78, 5) is 4.85. The van der Waals surface area contributed by atoms with Crippen LogP contribution in [0, 0.1) is 18.3 Å². The van der Waals surface area contributed by atoms with Crippen molar-refractivity contribution in [2.75, 3.05) is 0 Å². The predicted molar refractivity (Wildman–Crippen MR) is 100 cm³/mol. The summed E-state index contributed by atoms with van der Waals surface area (Å²) in [5.74, 6) is 0.963. The monoisotopic (exact) mass is 323 g/mol. The lowest BCUT2D eigenvalue weighted by atomic mass is 10.1. The Morgan fingerprint density at radius 1 is 0.920 bits per heavy atom. The van der Waals surface area contributed by atoms with Gasteiger partial charge in [-0.25, -0.2) is 4.98 Å².